The number of aromatic nitrogens is 4. The summed E-state index contributed by atoms with van der Waals surface area (Å²) >= 11 is 12.7. The number of hydrogen-bond acceptors (Lipinski definition) is 2. The maximum Gasteiger partial charge on any atom is 0.276 e. The minimum Gasteiger partial charge on any atom is -0.341 e. The first kappa shape index (κ1) is 15.5. The molecule has 8 heteroatoms. The van der Waals surface area contributed by atoms with Crippen molar-refractivity contribution in [3.8, 4) is 11.1 Å². The lowest BCUT2D eigenvalue weighted by molar-refractivity contribution is 0.356. The fraction of sp³-hybridized carbons (Fsp3) is 0.412. The Hall–Kier alpha value is -1.79. The summed E-state index contributed by atoms with van der Waals surface area (Å²) in [6, 6.07) is 1.22. The molecule has 0 spiro atoms. The predicted molar refractivity (Wildman–Crippen MR) is 95.0 cm³/mol. The Balaban J connectivity index is 1.84. The first-order valence-corrected chi connectivity index (χ1v) is 9.19. The van der Waals surface area contributed by atoms with Gasteiger partial charge in [-0.15, -0.1) is 0 Å². The van der Waals surface area contributed by atoms with E-state index in [4.69, 9.17) is 23.2 Å². The van der Waals surface area contributed by atoms with Crippen molar-refractivity contribution in [1.82, 2.24) is 19.3 Å². The molecule has 3 heterocycles. The number of fused-ring (bicyclic) bond motifs is 2. The smallest absolute Gasteiger partial charge is 0.276 e. The van der Waals surface area contributed by atoms with Crippen LogP contribution in [0.2, 0.25) is 10.2 Å². The zero-order valence-electron chi connectivity index (χ0n) is 13.3. The number of H-pyrrole nitrogens is 1. The molecule has 2 aromatic heterocycles. The number of rotatable bonds is 2. The summed E-state index contributed by atoms with van der Waals surface area (Å²) in [5.41, 5.74) is 1.03. The van der Waals surface area contributed by atoms with Crippen molar-refractivity contribution in [2.24, 2.45) is 0 Å². The van der Waals surface area contributed by atoms with Gasteiger partial charge in [-0.1, -0.05) is 23.2 Å². The number of nitrogens with one attached hydrogen (secondary N) is 1. The average Bonchev–Trinajstić information content (AvgIpc) is 3.31. The van der Waals surface area contributed by atoms with Crippen LogP contribution in [0.4, 0.5) is 4.39 Å². The van der Waals surface area contributed by atoms with Gasteiger partial charge in [-0.05, 0) is 31.7 Å². The Morgan fingerprint density at radius 3 is 2.56 bits per heavy atom. The molecular formula is C17H15Cl2FN4O. The Bertz CT molecular complexity index is 1080. The van der Waals surface area contributed by atoms with Crippen LogP contribution in [0.3, 0.4) is 0 Å². The van der Waals surface area contributed by atoms with Gasteiger partial charge in [0.1, 0.15) is 22.3 Å². The minimum absolute atomic E-state index is 0.170. The van der Waals surface area contributed by atoms with Gasteiger partial charge in [0.25, 0.3) is 5.56 Å². The summed E-state index contributed by atoms with van der Waals surface area (Å²) in [5, 5.41) is 0.509. The van der Waals surface area contributed by atoms with E-state index < -0.39 is 5.82 Å². The van der Waals surface area contributed by atoms with E-state index in [2.05, 4.69) is 9.97 Å². The van der Waals surface area contributed by atoms with Crippen LogP contribution in [0, 0.1) is 5.82 Å². The molecule has 3 aromatic rings. The Morgan fingerprint density at radius 2 is 1.88 bits per heavy atom. The van der Waals surface area contributed by atoms with Gasteiger partial charge in [0.05, 0.1) is 21.7 Å². The highest BCUT2D eigenvalue weighted by molar-refractivity contribution is 6.36. The van der Waals surface area contributed by atoms with E-state index >= 15 is 0 Å². The molecule has 1 aliphatic heterocycles. The standard InChI is InChI=1S/C17H15Cl2FN4O/c18-9-7-10(20)11(14-13(9)21-16(22-14)8-3-4-8)12-15(19)23-5-1-2-6-24(23)17(12)25/h7-8H,1-6H2,(H,21,22). The second-order valence-electron chi connectivity index (χ2n) is 6.76. The predicted octanol–water partition coefficient (Wildman–Crippen LogP) is 4.31. The quantitative estimate of drug-likeness (QED) is 0.719. The summed E-state index contributed by atoms with van der Waals surface area (Å²) < 4.78 is 18.2. The fourth-order valence-corrected chi connectivity index (χ4v) is 4.23. The molecule has 5 nitrogen and oxygen atoms in total. The van der Waals surface area contributed by atoms with Gasteiger partial charge in [-0.25, -0.2) is 14.1 Å². The lowest BCUT2D eigenvalue weighted by Crippen LogP contribution is -2.27. The third-order valence-corrected chi connectivity index (χ3v) is 5.74. The van der Waals surface area contributed by atoms with Crippen molar-refractivity contribution < 1.29 is 4.39 Å². The molecule has 0 unspecified atom stereocenters. The van der Waals surface area contributed by atoms with Crippen LogP contribution >= 0.6 is 23.2 Å². The van der Waals surface area contributed by atoms with Crippen molar-refractivity contribution in [2.45, 2.75) is 44.7 Å². The van der Waals surface area contributed by atoms with E-state index in [0.717, 1.165) is 31.5 Å². The largest absolute Gasteiger partial charge is 0.341 e. The second kappa shape index (κ2) is 5.35. The van der Waals surface area contributed by atoms with E-state index in [-0.39, 0.29) is 26.9 Å². The number of hydrogen-bond donors (Lipinski definition) is 1. The third kappa shape index (κ3) is 2.20. The molecule has 5 rings (SSSR count). The molecule has 1 aromatic carbocycles. The molecule has 130 valence electrons. The molecular weight excluding hydrogens is 366 g/mol. The SMILES string of the molecule is O=c1c(-c2c(F)cc(Cl)c3nc(C4CC4)[nH]c23)c(Cl)n2n1CCCC2. The van der Waals surface area contributed by atoms with Gasteiger partial charge in [-0.3, -0.25) is 9.48 Å². The monoisotopic (exact) mass is 380 g/mol. The molecule has 0 saturated heterocycles. The maximum atomic E-state index is 14.9. The molecule has 1 fully saturated rings. The van der Waals surface area contributed by atoms with Crippen molar-refractivity contribution in [2.75, 3.05) is 0 Å². The lowest BCUT2D eigenvalue weighted by Gasteiger charge is -2.17. The number of benzene rings is 1. The van der Waals surface area contributed by atoms with Crippen LogP contribution in [0.1, 0.15) is 37.4 Å². The first-order valence-electron chi connectivity index (χ1n) is 8.43. The van der Waals surface area contributed by atoms with Gasteiger partial charge in [-0.2, -0.15) is 0 Å². The molecule has 1 N–H and O–H groups in total. The summed E-state index contributed by atoms with van der Waals surface area (Å²) in [6.45, 7) is 1.25. The van der Waals surface area contributed by atoms with Crippen molar-refractivity contribution in [3.05, 3.63) is 38.2 Å². The van der Waals surface area contributed by atoms with E-state index in [1.165, 1.54) is 6.07 Å². The number of halogens is 3. The van der Waals surface area contributed by atoms with E-state index in [0.29, 0.717) is 30.0 Å². The molecule has 0 atom stereocenters. The maximum absolute atomic E-state index is 14.9. The summed E-state index contributed by atoms with van der Waals surface area (Å²) in [4.78, 5) is 20.6. The van der Waals surface area contributed by atoms with Crippen molar-refractivity contribution in [1.29, 1.82) is 0 Å². The van der Waals surface area contributed by atoms with Crippen LogP contribution in [0.25, 0.3) is 22.2 Å². The highest BCUT2D eigenvalue weighted by Crippen LogP contribution is 2.42. The number of nitrogens with zero attached hydrogens (tertiary/aromatic N) is 3. The van der Waals surface area contributed by atoms with Crippen LogP contribution in [-0.2, 0) is 13.1 Å². The highest BCUT2D eigenvalue weighted by Gasteiger charge is 2.31. The zero-order chi connectivity index (χ0) is 17.3. The number of aromatic amines is 1. The Kier molecular flexibility index (Phi) is 3.31. The van der Waals surface area contributed by atoms with Crippen molar-refractivity contribution in [3.63, 3.8) is 0 Å². The van der Waals surface area contributed by atoms with Gasteiger partial charge >= 0.3 is 0 Å². The summed E-state index contributed by atoms with van der Waals surface area (Å²) in [6.07, 6.45) is 3.97. The highest BCUT2D eigenvalue weighted by atomic mass is 35.5. The Morgan fingerprint density at radius 1 is 1.16 bits per heavy atom. The number of imidazole rings is 1. The molecule has 25 heavy (non-hydrogen) atoms. The van der Waals surface area contributed by atoms with Gasteiger partial charge in [0.2, 0.25) is 0 Å². The molecule has 0 radical (unpaired) electrons. The molecule has 2 aliphatic rings. The normalized spacial score (nSPS) is 17.2. The van der Waals surface area contributed by atoms with Gasteiger partial charge in [0, 0.05) is 19.0 Å². The van der Waals surface area contributed by atoms with Crippen molar-refractivity contribution >= 4 is 34.2 Å². The van der Waals surface area contributed by atoms with Crippen LogP contribution < -0.4 is 5.56 Å². The van der Waals surface area contributed by atoms with Gasteiger partial charge in [0.15, 0.2) is 0 Å². The first-order chi connectivity index (χ1) is 12.1. The van der Waals surface area contributed by atoms with Crippen LogP contribution in [0.5, 0.6) is 0 Å². The molecule has 1 saturated carbocycles. The van der Waals surface area contributed by atoms with Crippen LogP contribution in [0.15, 0.2) is 10.9 Å². The van der Waals surface area contributed by atoms with Crippen LogP contribution in [-0.4, -0.2) is 19.3 Å². The zero-order valence-corrected chi connectivity index (χ0v) is 14.8. The fourth-order valence-electron chi connectivity index (χ4n) is 3.65. The molecule has 0 bridgehead atoms. The van der Waals surface area contributed by atoms with E-state index in [9.17, 15) is 9.18 Å². The van der Waals surface area contributed by atoms with Gasteiger partial charge < -0.3 is 4.98 Å². The van der Waals surface area contributed by atoms with E-state index in [1.807, 2.05) is 0 Å². The second-order valence-corrected chi connectivity index (χ2v) is 7.52. The third-order valence-electron chi connectivity index (χ3n) is 5.07. The average molecular weight is 381 g/mol. The lowest BCUT2D eigenvalue weighted by atomic mass is 10.1. The minimum atomic E-state index is -0.564. The topological polar surface area (TPSA) is 55.6 Å². The van der Waals surface area contributed by atoms with E-state index in [1.54, 1.807) is 9.36 Å². The Labute approximate surface area is 152 Å². The molecule has 1 aliphatic carbocycles. The summed E-state index contributed by atoms with van der Waals surface area (Å²) in [5.74, 6) is 0.591. The summed E-state index contributed by atoms with van der Waals surface area (Å²) in [7, 11) is 0. The molecule has 0 amide bonds.